The minimum atomic E-state index is -0.264. The quantitative estimate of drug-likeness (QED) is 0.466. The summed E-state index contributed by atoms with van der Waals surface area (Å²) < 4.78 is 13.4. The zero-order valence-electron chi connectivity index (χ0n) is 17.9. The van der Waals surface area contributed by atoms with E-state index in [0.29, 0.717) is 0 Å². The topological polar surface area (TPSA) is 69.4 Å². The molecule has 0 saturated carbocycles. The lowest BCUT2D eigenvalue weighted by atomic mass is 10.00. The first-order chi connectivity index (χ1) is 15.6. The van der Waals surface area contributed by atoms with E-state index < -0.39 is 0 Å². The van der Waals surface area contributed by atoms with Crippen LogP contribution in [0.15, 0.2) is 66.4 Å². The first kappa shape index (κ1) is 20.2. The van der Waals surface area contributed by atoms with Gasteiger partial charge in [0.2, 0.25) is 0 Å². The number of nitrogens with one attached hydrogen (secondary N) is 3. The predicted molar refractivity (Wildman–Crippen MR) is 128 cm³/mol. The smallest absolute Gasteiger partial charge is 0.123 e. The molecule has 0 bridgehead atoms. The molecular weight excluding hydrogens is 401 g/mol. The van der Waals surface area contributed by atoms with Crippen LogP contribution in [0.1, 0.15) is 13.3 Å². The summed E-state index contributed by atoms with van der Waals surface area (Å²) in [6.45, 7) is 8.13. The van der Waals surface area contributed by atoms with E-state index in [1.54, 1.807) is 18.3 Å². The second kappa shape index (κ2) is 8.40. The molecule has 0 amide bonds. The largest absolute Gasteiger partial charge is 0.353 e. The fourth-order valence-electron chi connectivity index (χ4n) is 4.14. The maximum Gasteiger partial charge on any atom is 0.123 e. The minimum Gasteiger partial charge on any atom is -0.353 e. The first-order valence-electron chi connectivity index (χ1n) is 10.7. The predicted octanol–water partition coefficient (Wildman–Crippen LogP) is 3.82. The van der Waals surface area contributed by atoms with Gasteiger partial charge in [0.05, 0.1) is 16.7 Å². The summed E-state index contributed by atoms with van der Waals surface area (Å²) in [5.74, 6) is -0.264. The fourth-order valence-corrected chi connectivity index (χ4v) is 4.14. The Morgan fingerprint density at radius 1 is 1.16 bits per heavy atom. The lowest BCUT2D eigenvalue weighted by Crippen LogP contribution is -2.25. The van der Waals surface area contributed by atoms with Crippen LogP contribution >= 0.6 is 0 Å². The van der Waals surface area contributed by atoms with Crippen LogP contribution in [0.2, 0.25) is 0 Å². The highest BCUT2D eigenvalue weighted by Gasteiger charge is 2.14. The number of nitrogens with zero attached hydrogens (tertiary/aromatic N) is 2. The van der Waals surface area contributed by atoms with Crippen molar-refractivity contribution in [1.82, 2.24) is 25.5 Å². The zero-order valence-corrected chi connectivity index (χ0v) is 17.9. The molecule has 4 aromatic rings. The van der Waals surface area contributed by atoms with Gasteiger partial charge in [0.1, 0.15) is 11.5 Å². The minimum absolute atomic E-state index is 0.264. The molecule has 3 N–H and O–H groups in total. The van der Waals surface area contributed by atoms with Crippen LogP contribution in [0.3, 0.4) is 0 Å². The van der Waals surface area contributed by atoms with Crippen LogP contribution in [0, 0.1) is 5.82 Å². The molecule has 0 spiro atoms. The standard InChI is InChI=1S/C26H24FN5/c1-3-22-20(14-16(2)17-8-11-28-12-9-17)26(32-31-22)24-15-21-23(30-24)10-13-29-25(21)18-4-6-19(27)7-5-18/h3-8,10,13-15,28,30-31H,2,9,11-12H2,1H3/b20-14+,22-3+. The van der Waals surface area contributed by atoms with Gasteiger partial charge in [-0.15, -0.1) is 0 Å². The van der Waals surface area contributed by atoms with Crippen molar-refractivity contribution in [2.24, 2.45) is 0 Å². The summed E-state index contributed by atoms with van der Waals surface area (Å²) in [4.78, 5) is 8.03. The third kappa shape index (κ3) is 3.69. The Morgan fingerprint density at radius 3 is 2.75 bits per heavy atom. The van der Waals surface area contributed by atoms with Crippen LogP contribution in [0.5, 0.6) is 0 Å². The van der Waals surface area contributed by atoms with Gasteiger partial charge < -0.3 is 10.3 Å². The maximum atomic E-state index is 13.4. The van der Waals surface area contributed by atoms with Crippen LogP contribution in [-0.4, -0.2) is 33.3 Å². The third-order valence-electron chi connectivity index (χ3n) is 5.84. The Hall–Kier alpha value is -3.77. The van der Waals surface area contributed by atoms with E-state index in [1.807, 2.05) is 19.1 Å². The van der Waals surface area contributed by atoms with Crippen molar-refractivity contribution in [3.05, 3.63) is 82.8 Å². The number of hydrogen-bond donors (Lipinski definition) is 3. The number of hydrogen-bond acceptors (Lipinski definition) is 3. The number of halogens is 1. The molecule has 0 aliphatic carbocycles. The third-order valence-corrected chi connectivity index (χ3v) is 5.84. The Bertz CT molecular complexity index is 1450. The van der Waals surface area contributed by atoms with Gasteiger partial charge in [0.25, 0.3) is 0 Å². The van der Waals surface area contributed by atoms with Gasteiger partial charge in [0, 0.05) is 34.4 Å². The van der Waals surface area contributed by atoms with E-state index in [4.69, 9.17) is 0 Å². The number of aromatic amines is 2. The molecule has 5 rings (SSSR count). The maximum absolute atomic E-state index is 13.4. The summed E-state index contributed by atoms with van der Waals surface area (Å²) in [6, 6.07) is 10.4. The number of aromatic nitrogens is 4. The second-order valence-electron chi connectivity index (χ2n) is 7.85. The second-order valence-corrected chi connectivity index (χ2v) is 7.85. The first-order valence-corrected chi connectivity index (χ1v) is 10.7. The monoisotopic (exact) mass is 425 g/mol. The molecule has 1 aliphatic rings. The van der Waals surface area contributed by atoms with Crippen molar-refractivity contribution < 1.29 is 4.39 Å². The molecule has 0 atom stereocenters. The summed E-state index contributed by atoms with van der Waals surface area (Å²) in [5, 5.41) is 14.0. The van der Waals surface area contributed by atoms with Gasteiger partial charge in [0.15, 0.2) is 0 Å². The van der Waals surface area contributed by atoms with Crippen LogP contribution in [0.4, 0.5) is 4.39 Å². The Labute approximate surface area is 185 Å². The van der Waals surface area contributed by atoms with E-state index >= 15 is 0 Å². The number of rotatable bonds is 4. The van der Waals surface area contributed by atoms with Crippen molar-refractivity contribution in [2.45, 2.75) is 13.3 Å². The van der Waals surface area contributed by atoms with E-state index in [1.165, 1.54) is 17.7 Å². The molecular formula is C26H24FN5. The van der Waals surface area contributed by atoms with E-state index in [-0.39, 0.29) is 5.82 Å². The molecule has 5 nitrogen and oxygen atoms in total. The highest BCUT2D eigenvalue weighted by molar-refractivity contribution is 5.96. The van der Waals surface area contributed by atoms with Crippen LogP contribution in [0.25, 0.3) is 45.7 Å². The van der Waals surface area contributed by atoms with Crippen molar-refractivity contribution in [1.29, 1.82) is 0 Å². The van der Waals surface area contributed by atoms with Gasteiger partial charge in [-0.3, -0.25) is 10.1 Å². The Kier molecular flexibility index (Phi) is 5.29. The van der Waals surface area contributed by atoms with Gasteiger partial charge in [-0.2, -0.15) is 5.10 Å². The molecule has 32 heavy (non-hydrogen) atoms. The Morgan fingerprint density at radius 2 is 2.00 bits per heavy atom. The molecule has 4 heterocycles. The van der Waals surface area contributed by atoms with Gasteiger partial charge in [-0.05, 0) is 73.5 Å². The highest BCUT2D eigenvalue weighted by atomic mass is 19.1. The number of H-pyrrole nitrogens is 2. The molecule has 0 saturated heterocycles. The average molecular weight is 426 g/mol. The van der Waals surface area contributed by atoms with Crippen molar-refractivity contribution in [2.75, 3.05) is 13.1 Å². The number of pyridine rings is 1. The molecule has 160 valence electrons. The van der Waals surface area contributed by atoms with Gasteiger partial charge in [-0.25, -0.2) is 4.39 Å². The summed E-state index contributed by atoms with van der Waals surface area (Å²) in [6.07, 6.45) is 9.04. The Balaban J connectivity index is 1.64. The van der Waals surface area contributed by atoms with Crippen LogP contribution in [-0.2, 0) is 0 Å². The SMILES string of the molecule is C=C(/C=c1/c(-c2cc3c(-c4ccc(F)cc4)nccc3[nH]2)n[nH]/c1=C/C)C1=CCNCC1. The molecule has 6 heteroatoms. The molecule has 0 radical (unpaired) electrons. The van der Waals surface area contributed by atoms with Crippen molar-refractivity contribution >= 4 is 23.1 Å². The summed E-state index contributed by atoms with van der Waals surface area (Å²) >= 11 is 0. The number of benzene rings is 1. The lowest BCUT2D eigenvalue weighted by molar-refractivity contribution is 0.628. The van der Waals surface area contributed by atoms with Crippen molar-refractivity contribution in [3.63, 3.8) is 0 Å². The number of allylic oxidation sites excluding steroid dienone is 1. The van der Waals surface area contributed by atoms with E-state index in [9.17, 15) is 4.39 Å². The highest BCUT2D eigenvalue weighted by Crippen LogP contribution is 2.29. The van der Waals surface area contributed by atoms with Crippen molar-refractivity contribution in [3.8, 4) is 22.6 Å². The molecule has 0 fully saturated rings. The van der Waals surface area contributed by atoms with Gasteiger partial charge in [-0.1, -0.05) is 18.7 Å². The molecule has 1 aliphatic heterocycles. The normalized spacial score (nSPS) is 15.4. The number of fused-ring (bicyclic) bond motifs is 1. The van der Waals surface area contributed by atoms with E-state index in [2.05, 4.69) is 50.3 Å². The molecule has 0 unspecified atom stereocenters. The van der Waals surface area contributed by atoms with E-state index in [0.717, 1.165) is 69.2 Å². The fraction of sp³-hybridized carbons (Fsp3) is 0.154. The van der Waals surface area contributed by atoms with Crippen LogP contribution < -0.4 is 15.9 Å². The average Bonchev–Trinajstić information content (AvgIpc) is 3.43. The molecule has 1 aromatic carbocycles. The summed E-state index contributed by atoms with van der Waals surface area (Å²) in [5.41, 5.74) is 6.60. The molecule has 3 aromatic heterocycles. The van der Waals surface area contributed by atoms with Gasteiger partial charge >= 0.3 is 0 Å². The lowest BCUT2D eigenvalue weighted by Gasteiger charge is -2.13. The zero-order chi connectivity index (χ0) is 22.1. The summed E-state index contributed by atoms with van der Waals surface area (Å²) in [7, 11) is 0.